The van der Waals surface area contributed by atoms with Gasteiger partial charge in [0, 0.05) is 6.08 Å². The van der Waals surface area contributed by atoms with E-state index in [1.807, 2.05) is 37.3 Å². The number of rotatable bonds is 4. The van der Waals surface area contributed by atoms with Gasteiger partial charge in [0.05, 0.1) is 6.04 Å². The van der Waals surface area contributed by atoms with Crippen LogP contribution in [0.4, 0.5) is 4.39 Å². The third kappa shape index (κ3) is 4.05. The van der Waals surface area contributed by atoms with Gasteiger partial charge in [0.1, 0.15) is 5.82 Å². The largest absolute Gasteiger partial charge is 0.346 e. The third-order valence-corrected chi connectivity index (χ3v) is 2.96. The summed E-state index contributed by atoms with van der Waals surface area (Å²) in [6.07, 6.45) is 3.11. The first-order valence-electron chi connectivity index (χ1n) is 6.44. The highest BCUT2D eigenvalue weighted by Gasteiger charge is 2.06. The second kappa shape index (κ2) is 6.66. The quantitative estimate of drug-likeness (QED) is 0.842. The van der Waals surface area contributed by atoms with E-state index in [9.17, 15) is 9.18 Å². The van der Waals surface area contributed by atoms with Gasteiger partial charge in [0.15, 0.2) is 0 Å². The molecule has 3 heteroatoms. The van der Waals surface area contributed by atoms with Crippen LogP contribution in [-0.2, 0) is 4.79 Å². The SMILES string of the molecule is C[C@H](NC(=O)/C=C/c1ccc(F)cc1)c1ccccc1. The molecular formula is C17H16FNO. The molecule has 0 aromatic heterocycles. The average molecular weight is 269 g/mol. The highest BCUT2D eigenvalue weighted by atomic mass is 19.1. The van der Waals surface area contributed by atoms with Crippen LogP contribution >= 0.6 is 0 Å². The molecule has 1 atom stereocenters. The molecule has 2 nitrogen and oxygen atoms in total. The standard InChI is InChI=1S/C17H16FNO/c1-13(15-5-3-2-4-6-15)19-17(20)12-9-14-7-10-16(18)11-8-14/h2-13H,1H3,(H,19,20)/b12-9+/t13-/m0/s1. The summed E-state index contributed by atoms with van der Waals surface area (Å²) >= 11 is 0. The Morgan fingerprint density at radius 3 is 2.40 bits per heavy atom. The first-order valence-corrected chi connectivity index (χ1v) is 6.44. The Bertz CT molecular complexity index is 590. The van der Waals surface area contributed by atoms with Crippen molar-refractivity contribution < 1.29 is 9.18 Å². The summed E-state index contributed by atoms with van der Waals surface area (Å²) < 4.78 is 12.7. The molecule has 1 N–H and O–H groups in total. The Labute approximate surface area is 118 Å². The van der Waals surface area contributed by atoms with Crippen molar-refractivity contribution in [3.05, 3.63) is 77.6 Å². The van der Waals surface area contributed by atoms with Crippen molar-refractivity contribution >= 4 is 12.0 Å². The van der Waals surface area contributed by atoms with E-state index in [1.165, 1.54) is 18.2 Å². The van der Waals surface area contributed by atoms with Gasteiger partial charge in [-0.3, -0.25) is 4.79 Å². The summed E-state index contributed by atoms with van der Waals surface area (Å²) in [6.45, 7) is 1.93. The third-order valence-electron chi connectivity index (χ3n) is 2.96. The second-order valence-corrected chi connectivity index (χ2v) is 4.53. The number of carbonyl (C=O) groups excluding carboxylic acids is 1. The fraction of sp³-hybridized carbons (Fsp3) is 0.118. The summed E-state index contributed by atoms with van der Waals surface area (Å²) in [5, 5.41) is 2.88. The molecule has 1 amide bonds. The smallest absolute Gasteiger partial charge is 0.244 e. The second-order valence-electron chi connectivity index (χ2n) is 4.53. The van der Waals surface area contributed by atoms with Gasteiger partial charge in [0.25, 0.3) is 0 Å². The first kappa shape index (κ1) is 14.0. The van der Waals surface area contributed by atoms with Crippen molar-refractivity contribution in [3.63, 3.8) is 0 Å². The Kier molecular flexibility index (Phi) is 4.66. The van der Waals surface area contributed by atoms with E-state index in [1.54, 1.807) is 18.2 Å². The van der Waals surface area contributed by atoms with Crippen LogP contribution in [0.3, 0.4) is 0 Å². The van der Waals surface area contributed by atoms with Gasteiger partial charge in [-0.15, -0.1) is 0 Å². The van der Waals surface area contributed by atoms with Crippen LogP contribution in [0.2, 0.25) is 0 Å². The molecule has 0 fully saturated rings. The van der Waals surface area contributed by atoms with Gasteiger partial charge in [-0.25, -0.2) is 4.39 Å². The van der Waals surface area contributed by atoms with Crippen molar-refractivity contribution in [2.24, 2.45) is 0 Å². The minimum absolute atomic E-state index is 0.0541. The van der Waals surface area contributed by atoms with Crippen molar-refractivity contribution in [1.29, 1.82) is 0 Å². The lowest BCUT2D eigenvalue weighted by Crippen LogP contribution is -2.24. The summed E-state index contributed by atoms with van der Waals surface area (Å²) in [7, 11) is 0. The maximum absolute atomic E-state index is 12.7. The fourth-order valence-electron chi connectivity index (χ4n) is 1.83. The van der Waals surface area contributed by atoms with Crippen LogP contribution in [0, 0.1) is 5.82 Å². The highest BCUT2D eigenvalue weighted by Crippen LogP contribution is 2.11. The van der Waals surface area contributed by atoms with Crippen molar-refractivity contribution in [3.8, 4) is 0 Å². The molecule has 2 rings (SSSR count). The van der Waals surface area contributed by atoms with Gasteiger partial charge in [0.2, 0.25) is 5.91 Å². The minimum atomic E-state index is -0.288. The molecule has 2 aromatic rings. The molecule has 102 valence electrons. The molecule has 0 radical (unpaired) electrons. The molecule has 20 heavy (non-hydrogen) atoms. The zero-order valence-electron chi connectivity index (χ0n) is 11.2. The molecule has 0 bridgehead atoms. The fourth-order valence-corrected chi connectivity index (χ4v) is 1.83. The molecule has 0 aliphatic heterocycles. The molecule has 0 saturated carbocycles. The maximum Gasteiger partial charge on any atom is 0.244 e. The number of hydrogen-bond donors (Lipinski definition) is 1. The van der Waals surface area contributed by atoms with Gasteiger partial charge >= 0.3 is 0 Å². The Morgan fingerprint density at radius 1 is 1.10 bits per heavy atom. The summed E-state index contributed by atoms with van der Waals surface area (Å²) in [5.74, 6) is -0.463. The predicted octanol–water partition coefficient (Wildman–Crippen LogP) is 3.72. The number of nitrogens with one attached hydrogen (secondary N) is 1. The van der Waals surface area contributed by atoms with E-state index in [4.69, 9.17) is 0 Å². The number of halogens is 1. The molecule has 2 aromatic carbocycles. The normalized spacial score (nSPS) is 12.3. The summed E-state index contributed by atoms with van der Waals surface area (Å²) in [4.78, 5) is 11.8. The lowest BCUT2D eigenvalue weighted by atomic mass is 10.1. The molecule has 0 spiro atoms. The lowest BCUT2D eigenvalue weighted by Gasteiger charge is -2.12. The predicted molar refractivity (Wildman–Crippen MR) is 78.4 cm³/mol. The van der Waals surface area contributed by atoms with Crippen LogP contribution in [0.15, 0.2) is 60.7 Å². The molecule has 0 saturated heterocycles. The zero-order valence-corrected chi connectivity index (χ0v) is 11.2. The molecular weight excluding hydrogens is 253 g/mol. The van der Waals surface area contributed by atoms with Gasteiger partial charge in [-0.1, -0.05) is 42.5 Å². The Balaban J connectivity index is 1.94. The van der Waals surface area contributed by atoms with Gasteiger partial charge in [-0.2, -0.15) is 0 Å². The van der Waals surface area contributed by atoms with E-state index in [2.05, 4.69) is 5.32 Å². The Hall–Kier alpha value is -2.42. The van der Waals surface area contributed by atoms with Crippen LogP contribution in [0.1, 0.15) is 24.1 Å². The van der Waals surface area contributed by atoms with Crippen molar-refractivity contribution in [2.75, 3.05) is 0 Å². The van der Waals surface area contributed by atoms with Gasteiger partial charge in [-0.05, 0) is 36.3 Å². The van der Waals surface area contributed by atoms with Crippen molar-refractivity contribution in [2.45, 2.75) is 13.0 Å². The van der Waals surface area contributed by atoms with E-state index in [0.717, 1.165) is 11.1 Å². The van der Waals surface area contributed by atoms with Crippen LogP contribution < -0.4 is 5.32 Å². The van der Waals surface area contributed by atoms with Gasteiger partial charge < -0.3 is 5.32 Å². The van der Waals surface area contributed by atoms with Crippen molar-refractivity contribution in [1.82, 2.24) is 5.32 Å². The van der Waals surface area contributed by atoms with E-state index >= 15 is 0 Å². The number of hydrogen-bond acceptors (Lipinski definition) is 1. The molecule has 0 aliphatic carbocycles. The average Bonchev–Trinajstić information content (AvgIpc) is 2.47. The number of carbonyl (C=O) groups is 1. The topological polar surface area (TPSA) is 29.1 Å². The maximum atomic E-state index is 12.7. The summed E-state index contributed by atoms with van der Waals surface area (Å²) in [5.41, 5.74) is 1.84. The monoisotopic (exact) mass is 269 g/mol. The summed E-state index contributed by atoms with van der Waals surface area (Å²) in [6, 6.07) is 15.7. The van der Waals surface area contributed by atoms with Crippen LogP contribution in [0.5, 0.6) is 0 Å². The number of benzene rings is 2. The van der Waals surface area contributed by atoms with E-state index in [0.29, 0.717) is 0 Å². The molecule has 0 unspecified atom stereocenters. The highest BCUT2D eigenvalue weighted by molar-refractivity contribution is 5.91. The van der Waals surface area contributed by atoms with Crippen LogP contribution in [0.25, 0.3) is 6.08 Å². The number of amides is 1. The molecule has 0 heterocycles. The minimum Gasteiger partial charge on any atom is -0.346 e. The van der Waals surface area contributed by atoms with E-state index in [-0.39, 0.29) is 17.8 Å². The lowest BCUT2D eigenvalue weighted by molar-refractivity contribution is -0.117. The first-order chi connectivity index (χ1) is 9.65. The zero-order chi connectivity index (χ0) is 14.4. The molecule has 0 aliphatic rings. The van der Waals surface area contributed by atoms with Crippen LogP contribution in [-0.4, -0.2) is 5.91 Å². The Morgan fingerprint density at radius 2 is 1.75 bits per heavy atom. The van der Waals surface area contributed by atoms with E-state index < -0.39 is 0 Å².